The number of amides is 2. The first-order valence-electron chi connectivity index (χ1n) is 8.88. The molecule has 28 heavy (non-hydrogen) atoms. The molecule has 3 aromatic rings. The van der Waals surface area contributed by atoms with E-state index in [-0.39, 0.29) is 17.7 Å². The number of likely N-dealkylation sites (tertiary alicyclic amines) is 1. The summed E-state index contributed by atoms with van der Waals surface area (Å²) < 4.78 is 6.54. The van der Waals surface area contributed by atoms with Gasteiger partial charge in [0.05, 0.1) is 29.1 Å². The van der Waals surface area contributed by atoms with Crippen molar-refractivity contribution < 1.29 is 14.0 Å². The third-order valence-electron chi connectivity index (χ3n) is 4.73. The summed E-state index contributed by atoms with van der Waals surface area (Å²) >= 11 is 6.11. The van der Waals surface area contributed by atoms with Crippen molar-refractivity contribution in [2.75, 3.05) is 18.4 Å². The second-order valence-corrected chi connectivity index (χ2v) is 7.03. The van der Waals surface area contributed by atoms with E-state index in [1.807, 2.05) is 0 Å². The Morgan fingerprint density at radius 1 is 1.29 bits per heavy atom. The van der Waals surface area contributed by atoms with Gasteiger partial charge in [-0.05, 0) is 37.1 Å². The van der Waals surface area contributed by atoms with Crippen molar-refractivity contribution in [2.45, 2.75) is 12.8 Å². The van der Waals surface area contributed by atoms with Crippen LogP contribution in [0.15, 0.2) is 53.9 Å². The van der Waals surface area contributed by atoms with Gasteiger partial charge < -0.3 is 14.6 Å². The van der Waals surface area contributed by atoms with Gasteiger partial charge in [0.25, 0.3) is 5.91 Å². The zero-order valence-electron chi connectivity index (χ0n) is 14.9. The molecule has 2 aromatic heterocycles. The number of halogens is 1. The molecule has 1 fully saturated rings. The molecule has 8 nitrogen and oxygen atoms in total. The minimum absolute atomic E-state index is 0.127. The summed E-state index contributed by atoms with van der Waals surface area (Å²) in [6, 6.07) is 6.79. The van der Waals surface area contributed by atoms with E-state index >= 15 is 0 Å². The zero-order valence-corrected chi connectivity index (χ0v) is 15.7. The van der Waals surface area contributed by atoms with Crippen molar-refractivity contribution >= 4 is 29.1 Å². The minimum Gasteiger partial charge on any atom is -0.472 e. The standard InChI is InChI=1S/C19H18ClN5O3/c20-15-3-4-17(25-12-21-11-22-25)16(8-15)23-18(26)13-2-1-6-24(9-13)19(27)14-5-7-28-10-14/h3-5,7-8,10-13H,1-2,6,9H2,(H,23,26). The Morgan fingerprint density at radius 2 is 2.18 bits per heavy atom. The number of benzene rings is 1. The number of piperidine rings is 1. The molecule has 1 N–H and O–H groups in total. The fourth-order valence-electron chi connectivity index (χ4n) is 3.32. The Bertz CT molecular complexity index is 972. The Morgan fingerprint density at radius 3 is 2.93 bits per heavy atom. The van der Waals surface area contributed by atoms with Crippen LogP contribution in [0.4, 0.5) is 5.69 Å². The minimum atomic E-state index is -0.313. The lowest BCUT2D eigenvalue weighted by atomic mass is 9.96. The van der Waals surface area contributed by atoms with Crippen LogP contribution in [0.25, 0.3) is 5.69 Å². The first kappa shape index (κ1) is 18.2. The lowest BCUT2D eigenvalue weighted by molar-refractivity contribution is -0.121. The second-order valence-electron chi connectivity index (χ2n) is 6.59. The molecular weight excluding hydrogens is 382 g/mol. The molecule has 0 aliphatic carbocycles. The summed E-state index contributed by atoms with van der Waals surface area (Å²) in [6.45, 7) is 0.976. The number of rotatable bonds is 4. The van der Waals surface area contributed by atoms with E-state index in [4.69, 9.17) is 16.0 Å². The summed E-state index contributed by atoms with van der Waals surface area (Å²) in [5, 5.41) is 7.54. The molecule has 1 aliphatic heterocycles. The summed E-state index contributed by atoms with van der Waals surface area (Å²) in [5.74, 6) is -0.599. The molecule has 1 atom stereocenters. The molecule has 0 bridgehead atoms. The van der Waals surface area contributed by atoms with Crippen LogP contribution in [0.5, 0.6) is 0 Å². The predicted octanol–water partition coefficient (Wildman–Crippen LogP) is 3.00. The van der Waals surface area contributed by atoms with Crippen LogP contribution in [-0.2, 0) is 4.79 Å². The van der Waals surface area contributed by atoms with Crippen LogP contribution in [0.3, 0.4) is 0 Å². The van der Waals surface area contributed by atoms with Crippen molar-refractivity contribution in [3.8, 4) is 5.69 Å². The van der Waals surface area contributed by atoms with Crippen LogP contribution < -0.4 is 5.32 Å². The Labute approximate surface area is 166 Å². The molecular formula is C19H18ClN5O3. The molecule has 0 spiro atoms. The highest BCUT2D eigenvalue weighted by molar-refractivity contribution is 6.31. The SMILES string of the molecule is O=C(Nc1cc(Cl)ccc1-n1cncn1)C1CCCN(C(=O)c2ccoc2)C1. The maximum Gasteiger partial charge on any atom is 0.257 e. The van der Waals surface area contributed by atoms with Gasteiger partial charge in [-0.15, -0.1) is 0 Å². The number of nitrogens with zero attached hydrogens (tertiary/aromatic N) is 4. The van der Waals surface area contributed by atoms with Gasteiger partial charge in [0.1, 0.15) is 18.9 Å². The molecule has 2 amide bonds. The number of anilines is 1. The highest BCUT2D eigenvalue weighted by Gasteiger charge is 2.29. The number of hydrogen-bond donors (Lipinski definition) is 1. The zero-order chi connectivity index (χ0) is 19.5. The van der Waals surface area contributed by atoms with Crippen molar-refractivity contribution in [1.29, 1.82) is 0 Å². The molecule has 144 valence electrons. The first-order valence-corrected chi connectivity index (χ1v) is 9.26. The molecule has 3 heterocycles. The van der Waals surface area contributed by atoms with Gasteiger partial charge in [-0.1, -0.05) is 11.6 Å². The van der Waals surface area contributed by atoms with Gasteiger partial charge in [-0.25, -0.2) is 9.67 Å². The summed E-state index contributed by atoms with van der Waals surface area (Å²) in [4.78, 5) is 31.1. The van der Waals surface area contributed by atoms with Gasteiger partial charge in [0.2, 0.25) is 5.91 Å². The maximum absolute atomic E-state index is 12.9. The molecule has 0 radical (unpaired) electrons. The van der Waals surface area contributed by atoms with Gasteiger partial charge in [-0.3, -0.25) is 9.59 Å². The van der Waals surface area contributed by atoms with E-state index in [0.29, 0.717) is 41.5 Å². The quantitative estimate of drug-likeness (QED) is 0.727. The molecule has 0 saturated carbocycles. The second kappa shape index (κ2) is 7.85. The molecule has 4 rings (SSSR count). The van der Waals surface area contributed by atoms with Gasteiger partial charge in [0, 0.05) is 18.1 Å². The summed E-state index contributed by atoms with van der Waals surface area (Å²) in [7, 11) is 0. The summed E-state index contributed by atoms with van der Waals surface area (Å²) in [6.07, 6.45) is 7.31. The van der Waals surface area contributed by atoms with Crippen LogP contribution in [0.1, 0.15) is 23.2 Å². The average molecular weight is 400 g/mol. The van der Waals surface area contributed by atoms with Crippen LogP contribution >= 0.6 is 11.6 Å². The van der Waals surface area contributed by atoms with Crippen molar-refractivity contribution in [3.63, 3.8) is 0 Å². The van der Waals surface area contributed by atoms with E-state index in [0.717, 1.165) is 6.42 Å². The monoisotopic (exact) mass is 399 g/mol. The maximum atomic E-state index is 12.9. The van der Waals surface area contributed by atoms with E-state index in [2.05, 4.69) is 15.4 Å². The van der Waals surface area contributed by atoms with Crippen molar-refractivity contribution in [2.24, 2.45) is 5.92 Å². The van der Waals surface area contributed by atoms with Crippen LogP contribution in [-0.4, -0.2) is 44.6 Å². The number of carbonyl (C=O) groups excluding carboxylic acids is 2. The van der Waals surface area contributed by atoms with E-state index in [9.17, 15) is 9.59 Å². The van der Waals surface area contributed by atoms with Crippen LogP contribution in [0.2, 0.25) is 5.02 Å². The van der Waals surface area contributed by atoms with Crippen LogP contribution in [0, 0.1) is 5.92 Å². The third kappa shape index (κ3) is 3.77. The molecule has 1 aromatic carbocycles. The Balaban J connectivity index is 1.49. The highest BCUT2D eigenvalue weighted by atomic mass is 35.5. The Hall–Kier alpha value is -3.13. The normalized spacial score (nSPS) is 16.8. The predicted molar refractivity (Wildman–Crippen MR) is 102 cm³/mol. The summed E-state index contributed by atoms with van der Waals surface area (Å²) in [5.41, 5.74) is 1.70. The molecule has 1 aliphatic rings. The number of hydrogen-bond acceptors (Lipinski definition) is 5. The topological polar surface area (TPSA) is 93.3 Å². The van der Waals surface area contributed by atoms with Crippen molar-refractivity contribution in [3.05, 3.63) is 60.0 Å². The molecule has 9 heteroatoms. The third-order valence-corrected chi connectivity index (χ3v) is 4.96. The molecule has 1 unspecified atom stereocenters. The number of carbonyl (C=O) groups is 2. The first-order chi connectivity index (χ1) is 13.6. The largest absolute Gasteiger partial charge is 0.472 e. The van der Waals surface area contributed by atoms with E-state index < -0.39 is 0 Å². The number of furan rings is 1. The molecule has 1 saturated heterocycles. The Kier molecular flexibility index (Phi) is 5.12. The lowest BCUT2D eigenvalue weighted by Crippen LogP contribution is -2.43. The fourth-order valence-corrected chi connectivity index (χ4v) is 3.49. The average Bonchev–Trinajstić information content (AvgIpc) is 3.42. The van der Waals surface area contributed by atoms with Gasteiger partial charge in [0.15, 0.2) is 0 Å². The number of aromatic nitrogens is 3. The fraction of sp³-hybridized carbons (Fsp3) is 0.263. The lowest BCUT2D eigenvalue weighted by Gasteiger charge is -2.32. The van der Waals surface area contributed by atoms with E-state index in [1.54, 1.807) is 40.2 Å². The van der Waals surface area contributed by atoms with Gasteiger partial charge in [-0.2, -0.15) is 5.10 Å². The highest BCUT2D eigenvalue weighted by Crippen LogP contribution is 2.26. The van der Waals surface area contributed by atoms with Crippen molar-refractivity contribution in [1.82, 2.24) is 19.7 Å². The smallest absolute Gasteiger partial charge is 0.257 e. The van der Waals surface area contributed by atoms with Gasteiger partial charge >= 0.3 is 0 Å². The number of nitrogens with one attached hydrogen (secondary N) is 1. The van der Waals surface area contributed by atoms with E-state index in [1.165, 1.54) is 18.9 Å².